The van der Waals surface area contributed by atoms with Gasteiger partial charge in [0, 0.05) is 17.0 Å². The molecule has 0 fully saturated rings. The molecule has 96 valence electrons. The Morgan fingerprint density at radius 3 is 2.78 bits per heavy atom. The standard InChI is InChI=1S/C13H13BrO4/c1-18-13(17)8-6-10-9(5-7-12(15)16)3-2-4-11(10)14/h2-5,7H,6,8H2,1H3,(H,15,16)/b7-5+. The number of carbonyl (C=O) groups excluding carboxylic acids is 1. The highest BCUT2D eigenvalue weighted by atomic mass is 79.9. The molecule has 0 aromatic heterocycles. The molecule has 0 aliphatic rings. The highest BCUT2D eigenvalue weighted by Gasteiger charge is 2.08. The molecule has 0 aliphatic carbocycles. The van der Waals surface area contributed by atoms with Crippen molar-refractivity contribution in [3.05, 3.63) is 39.9 Å². The van der Waals surface area contributed by atoms with Crippen molar-refractivity contribution < 1.29 is 19.4 Å². The molecule has 4 nitrogen and oxygen atoms in total. The second kappa shape index (κ2) is 6.96. The van der Waals surface area contributed by atoms with E-state index in [9.17, 15) is 9.59 Å². The molecule has 0 spiro atoms. The van der Waals surface area contributed by atoms with Gasteiger partial charge in [0.1, 0.15) is 0 Å². The van der Waals surface area contributed by atoms with Crippen LogP contribution in [0.5, 0.6) is 0 Å². The van der Waals surface area contributed by atoms with Crippen LogP contribution in [-0.2, 0) is 20.7 Å². The molecule has 0 heterocycles. The SMILES string of the molecule is COC(=O)CCc1c(Br)cccc1/C=C/C(=O)O. The largest absolute Gasteiger partial charge is 0.478 e. The van der Waals surface area contributed by atoms with Crippen LogP contribution in [0.2, 0.25) is 0 Å². The second-order valence-corrected chi connectivity index (χ2v) is 4.41. The summed E-state index contributed by atoms with van der Waals surface area (Å²) >= 11 is 3.39. The van der Waals surface area contributed by atoms with Crippen LogP contribution in [0.4, 0.5) is 0 Å². The molecule has 0 aliphatic heterocycles. The van der Waals surface area contributed by atoms with E-state index in [-0.39, 0.29) is 12.4 Å². The maximum absolute atomic E-state index is 11.1. The number of halogens is 1. The van der Waals surface area contributed by atoms with Crippen molar-refractivity contribution in [2.75, 3.05) is 7.11 Å². The Morgan fingerprint density at radius 2 is 2.17 bits per heavy atom. The number of hydrogen-bond acceptors (Lipinski definition) is 3. The third kappa shape index (κ3) is 4.33. The van der Waals surface area contributed by atoms with Crippen molar-refractivity contribution in [3.63, 3.8) is 0 Å². The van der Waals surface area contributed by atoms with Crippen molar-refractivity contribution in [1.82, 2.24) is 0 Å². The van der Waals surface area contributed by atoms with Gasteiger partial charge in [-0.2, -0.15) is 0 Å². The van der Waals surface area contributed by atoms with Gasteiger partial charge >= 0.3 is 11.9 Å². The Balaban J connectivity index is 2.93. The van der Waals surface area contributed by atoms with E-state index in [1.165, 1.54) is 13.2 Å². The van der Waals surface area contributed by atoms with Gasteiger partial charge in [-0.3, -0.25) is 4.79 Å². The van der Waals surface area contributed by atoms with E-state index in [0.717, 1.165) is 21.7 Å². The first kappa shape index (κ1) is 14.4. The van der Waals surface area contributed by atoms with Crippen molar-refractivity contribution in [1.29, 1.82) is 0 Å². The summed E-state index contributed by atoms with van der Waals surface area (Å²) < 4.78 is 5.43. The molecule has 0 unspecified atom stereocenters. The quantitative estimate of drug-likeness (QED) is 0.670. The molecule has 0 radical (unpaired) electrons. The number of methoxy groups -OCH3 is 1. The topological polar surface area (TPSA) is 63.6 Å². The van der Waals surface area contributed by atoms with E-state index < -0.39 is 5.97 Å². The zero-order chi connectivity index (χ0) is 13.5. The molecular weight excluding hydrogens is 300 g/mol. The fourth-order valence-electron chi connectivity index (χ4n) is 1.49. The molecule has 5 heteroatoms. The van der Waals surface area contributed by atoms with Crippen LogP contribution >= 0.6 is 15.9 Å². The fourth-order valence-corrected chi connectivity index (χ4v) is 2.07. The highest BCUT2D eigenvalue weighted by molar-refractivity contribution is 9.10. The predicted molar refractivity (Wildman–Crippen MR) is 71.1 cm³/mol. The number of ether oxygens (including phenoxy) is 1. The lowest BCUT2D eigenvalue weighted by Gasteiger charge is -2.08. The Bertz CT molecular complexity index is 480. The monoisotopic (exact) mass is 312 g/mol. The zero-order valence-corrected chi connectivity index (χ0v) is 11.4. The number of hydrogen-bond donors (Lipinski definition) is 1. The maximum Gasteiger partial charge on any atom is 0.328 e. The van der Waals surface area contributed by atoms with Gasteiger partial charge in [-0.25, -0.2) is 4.79 Å². The average Bonchev–Trinajstić information content (AvgIpc) is 2.34. The maximum atomic E-state index is 11.1. The van der Waals surface area contributed by atoms with Crippen molar-refractivity contribution >= 4 is 33.9 Å². The van der Waals surface area contributed by atoms with Crippen LogP contribution < -0.4 is 0 Å². The Hall–Kier alpha value is -1.62. The van der Waals surface area contributed by atoms with Crippen LogP contribution in [0.1, 0.15) is 17.5 Å². The Labute approximate surface area is 113 Å². The molecule has 1 rings (SSSR count). The highest BCUT2D eigenvalue weighted by Crippen LogP contribution is 2.23. The molecule has 1 N–H and O–H groups in total. The lowest BCUT2D eigenvalue weighted by Crippen LogP contribution is -2.03. The predicted octanol–water partition coefficient (Wildman–Crippen LogP) is 2.65. The van der Waals surface area contributed by atoms with Crippen LogP contribution in [0.25, 0.3) is 6.08 Å². The number of aliphatic carboxylic acids is 1. The summed E-state index contributed by atoms with van der Waals surface area (Å²) in [5, 5.41) is 8.62. The Kier molecular flexibility index (Phi) is 5.58. The summed E-state index contributed by atoms with van der Waals surface area (Å²) in [5.41, 5.74) is 1.66. The van der Waals surface area contributed by atoms with Gasteiger partial charge in [-0.05, 0) is 29.7 Å². The third-order valence-corrected chi connectivity index (χ3v) is 3.11. The van der Waals surface area contributed by atoms with Crippen molar-refractivity contribution in [2.24, 2.45) is 0 Å². The third-order valence-electron chi connectivity index (χ3n) is 2.37. The summed E-state index contributed by atoms with van der Waals surface area (Å²) in [6.45, 7) is 0. The fraction of sp³-hybridized carbons (Fsp3) is 0.231. The summed E-state index contributed by atoms with van der Waals surface area (Å²) in [7, 11) is 1.34. The number of carboxylic acids is 1. The van der Waals surface area contributed by atoms with E-state index in [1.807, 2.05) is 12.1 Å². The lowest BCUT2D eigenvalue weighted by atomic mass is 10.0. The molecular formula is C13H13BrO4. The van der Waals surface area contributed by atoms with Crippen molar-refractivity contribution in [3.8, 4) is 0 Å². The van der Waals surface area contributed by atoms with E-state index in [1.54, 1.807) is 6.07 Å². The number of carbonyl (C=O) groups is 2. The summed E-state index contributed by atoms with van der Waals surface area (Å²) in [6, 6.07) is 5.47. The van der Waals surface area contributed by atoms with E-state index in [0.29, 0.717) is 6.42 Å². The van der Waals surface area contributed by atoms with Crippen LogP contribution in [0.3, 0.4) is 0 Å². The van der Waals surface area contributed by atoms with E-state index >= 15 is 0 Å². The van der Waals surface area contributed by atoms with Crippen LogP contribution in [0, 0.1) is 0 Å². The Morgan fingerprint density at radius 1 is 1.44 bits per heavy atom. The molecule has 18 heavy (non-hydrogen) atoms. The minimum absolute atomic E-state index is 0.257. The molecule has 1 aromatic rings. The van der Waals surface area contributed by atoms with Gasteiger partial charge in [0.25, 0.3) is 0 Å². The first-order chi connectivity index (χ1) is 8.54. The van der Waals surface area contributed by atoms with Gasteiger partial charge in [0.15, 0.2) is 0 Å². The number of esters is 1. The minimum atomic E-state index is -1.01. The average molecular weight is 313 g/mol. The molecule has 1 aromatic carbocycles. The summed E-state index contributed by atoms with van der Waals surface area (Å²) in [4.78, 5) is 21.6. The zero-order valence-electron chi connectivity index (χ0n) is 9.85. The molecule has 0 saturated carbocycles. The van der Waals surface area contributed by atoms with Gasteiger partial charge in [-0.1, -0.05) is 28.1 Å². The summed E-state index contributed by atoms with van der Waals surface area (Å²) in [5.74, 6) is -1.30. The van der Waals surface area contributed by atoms with Crippen LogP contribution in [-0.4, -0.2) is 24.2 Å². The first-order valence-electron chi connectivity index (χ1n) is 5.30. The van der Waals surface area contributed by atoms with E-state index in [4.69, 9.17) is 5.11 Å². The van der Waals surface area contributed by atoms with Gasteiger partial charge in [0.05, 0.1) is 7.11 Å². The number of carboxylic acid groups (broad SMARTS) is 1. The number of benzene rings is 1. The number of rotatable bonds is 5. The smallest absolute Gasteiger partial charge is 0.328 e. The first-order valence-corrected chi connectivity index (χ1v) is 6.09. The molecule has 0 atom stereocenters. The van der Waals surface area contributed by atoms with Gasteiger partial charge in [-0.15, -0.1) is 0 Å². The molecule has 0 saturated heterocycles. The molecule has 0 amide bonds. The lowest BCUT2D eigenvalue weighted by molar-refractivity contribution is -0.140. The second-order valence-electron chi connectivity index (χ2n) is 3.56. The van der Waals surface area contributed by atoms with Crippen molar-refractivity contribution in [2.45, 2.75) is 12.8 Å². The van der Waals surface area contributed by atoms with Gasteiger partial charge < -0.3 is 9.84 Å². The van der Waals surface area contributed by atoms with Gasteiger partial charge in [0.2, 0.25) is 0 Å². The normalized spacial score (nSPS) is 10.6. The van der Waals surface area contributed by atoms with Crippen LogP contribution in [0.15, 0.2) is 28.7 Å². The summed E-state index contributed by atoms with van der Waals surface area (Å²) in [6.07, 6.45) is 3.34. The molecule has 0 bridgehead atoms. The van der Waals surface area contributed by atoms with E-state index in [2.05, 4.69) is 20.7 Å². The minimum Gasteiger partial charge on any atom is -0.478 e.